The normalized spacial score (nSPS) is 9.42. The Morgan fingerprint density at radius 3 is 2.58 bits per heavy atom. The van der Waals surface area contributed by atoms with Gasteiger partial charge in [0.2, 0.25) is 0 Å². The second-order valence-corrected chi connectivity index (χ2v) is 3.29. The highest BCUT2D eigenvalue weighted by Gasteiger charge is 2.14. The number of carbonyl (C=O) groups excluding carboxylic acids is 1. The maximum atomic E-state index is 11.2. The lowest BCUT2D eigenvalue weighted by molar-refractivity contribution is 0.0593. The van der Waals surface area contributed by atoms with Crippen molar-refractivity contribution in [3.05, 3.63) is 35.8 Å². The molecule has 19 heavy (non-hydrogen) atoms. The van der Waals surface area contributed by atoms with Crippen LogP contribution in [-0.2, 0) is 4.74 Å². The number of hydrogen-bond donors (Lipinski definition) is 0. The van der Waals surface area contributed by atoms with E-state index in [1.807, 2.05) is 6.07 Å². The van der Waals surface area contributed by atoms with Crippen molar-refractivity contribution in [2.24, 2.45) is 0 Å². The Balaban J connectivity index is 2.44. The van der Waals surface area contributed by atoms with Crippen molar-refractivity contribution in [3.63, 3.8) is 0 Å². The van der Waals surface area contributed by atoms with Gasteiger partial charge in [-0.15, -0.1) is 0 Å². The van der Waals surface area contributed by atoms with E-state index in [1.165, 1.54) is 30.4 Å². The zero-order valence-electron chi connectivity index (χ0n) is 9.73. The van der Waals surface area contributed by atoms with Gasteiger partial charge in [-0.3, -0.25) is 4.57 Å². The Labute approximate surface area is 107 Å². The van der Waals surface area contributed by atoms with E-state index in [0.717, 1.165) is 0 Å². The van der Waals surface area contributed by atoms with Crippen molar-refractivity contribution in [2.75, 3.05) is 7.11 Å². The summed E-state index contributed by atoms with van der Waals surface area (Å²) in [6.07, 6.45) is 3.79. The van der Waals surface area contributed by atoms with Crippen LogP contribution in [0.25, 0.3) is 5.82 Å². The van der Waals surface area contributed by atoms with Crippen molar-refractivity contribution < 1.29 is 9.53 Å². The molecule has 0 aromatic carbocycles. The summed E-state index contributed by atoms with van der Waals surface area (Å²) < 4.78 is 5.80. The van der Waals surface area contributed by atoms with Gasteiger partial charge in [0, 0.05) is 0 Å². The topological polar surface area (TPSA) is 117 Å². The molecule has 0 atom stereocenters. The van der Waals surface area contributed by atoms with Gasteiger partial charge in [-0.1, -0.05) is 0 Å². The molecular weight excluding hydrogens is 248 g/mol. The predicted octanol–water partition coefficient (Wildman–Crippen LogP) is 0.192. The monoisotopic (exact) mass is 254 g/mol. The van der Waals surface area contributed by atoms with Gasteiger partial charge < -0.3 is 4.74 Å². The van der Waals surface area contributed by atoms with Crippen molar-refractivity contribution in [1.29, 1.82) is 10.5 Å². The summed E-state index contributed by atoms with van der Waals surface area (Å²) in [7, 11) is 1.24. The molecule has 92 valence electrons. The van der Waals surface area contributed by atoms with Crippen LogP contribution >= 0.6 is 0 Å². The summed E-state index contributed by atoms with van der Waals surface area (Å²) >= 11 is 0. The lowest BCUT2D eigenvalue weighted by Crippen LogP contribution is -2.07. The number of imidazole rings is 1. The highest BCUT2D eigenvalue weighted by atomic mass is 16.5. The molecule has 2 aromatic rings. The van der Waals surface area contributed by atoms with Gasteiger partial charge in [0.25, 0.3) is 0 Å². The van der Waals surface area contributed by atoms with E-state index in [0.29, 0.717) is 0 Å². The smallest absolute Gasteiger partial charge is 0.358 e. The molecule has 0 saturated heterocycles. The van der Waals surface area contributed by atoms with E-state index in [2.05, 4.69) is 19.7 Å². The summed E-state index contributed by atoms with van der Waals surface area (Å²) in [6.45, 7) is 0. The fourth-order valence-electron chi connectivity index (χ4n) is 1.37. The second kappa shape index (κ2) is 4.94. The highest BCUT2D eigenvalue weighted by molar-refractivity contribution is 5.86. The third kappa shape index (κ3) is 2.10. The van der Waals surface area contributed by atoms with Crippen molar-refractivity contribution >= 4 is 5.97 Å². The van der Waals surface area contributed by atoms with E-state index >= 15 is 0 Å². The third-order valence-corrected chi connectivity index (χ3v) is 2.26. The Morgan fingerprint density at radius 2 is 2.05 bits per heavy atom. The maximum absolute atomic E-state index is 11.2. The van der Waals surface area contributed by atoms with Gasteiger partial charge in [-0.05, 0) is 0 Å². The molecule has 8 heteroatoms. The molecule has 0 unspecified atom stereocenters. The highest BCUT2D eigenvalue weighted by Crippen LogP contribution is 2.11. The van der Waals surface area contributed by atoms with Crippen LogP contribution in [0.5, 0.6) is 0 Å². The number of rotatable bonds is 2. The molecule has 0 spiro atoms. The van der Waals surface area contributed by atoms with E-state index in [1.54, 1.807) is 6.07 Å². The molecule has 2 aromatic heterocycles. The molecule has 0 aliphatic carbocycles. The van der Waals surface area contributed by atoms with Crippen LogP contribution in [0.4, 0.5) is 0 Å². The quantitative estimate of drug-likeness (QED) is 0.702. The summed E-state index contributed by atoms with van der Waals surface area (Å²) in [5.41, 5.74) is 0.106. The standard InChI is InChI=1S/C11H6N6O2/c1-19-11(18)8-4-15-10(5-14-8)17-6-16-7(2-12)9(17)3-13/h4-6H,1H3. The lowest BCUT2D eigenvalue weighted by atomic mass is 10.3. The van der Waals surface area contributed by atoms with Crippen LogP contribution in [0.2, 0.25) is 0 Å². The van der Waals surface area contributed by atoms with E-state index in [9.17, 15) is 4.79 Å². The molecule has 8 nitrogen and oxygen atoms in total. The molecule has 0 fully saturated rings. The van der Waals surface area contributed by atoms with Gasteiger partial charge in [0.05, 0.1) is 19.5 Å². The zero-order valence-corrected chi connectivity index (χ0v) is 9.73. The Morgan fingerprint density at radius 1 is 1.26 bits per heavy atom. The zero-order chi connectivity index (χ0) is 13.8. The number of hydrogen-bond acceptors (Lipinski definition) is 7. The number of nitrogens with zero attached hydrogens (tertiary/aromatic N) is 6. The molecule has 0 aliphatic rings. The fraction of sp³-hybridized carbons (Fsp3) is 0.0909. The number of carbonyl (C=O) groups is 1. The predicted molar refractivity (Wildman–Crippen MR) is 59.9 cm³/mol. The first-order valence-electron chi connectivity index (χ1n) is 4.99. The van der Waals surface area contributed by atoms with Crippen LogP contribution in [0.3, 0.4) is 0 Å². The Kier molecular flexibility index (Phi) is 3.17. The largest absolute Gasteiger partial charge is 0.464 e. The Hall–Kier alpha value is -3.26. The van der Waals surface area contributed by atoms with Gasteiger partial charge in [-0.25, -0.2) is 19.7 Å². The average Bonchev–Trinajstić information content (AvgIpc) is 2.89. The molecule has 0 saturated carbocycles. The van der Waals surface area contributed by atoms with Gasteiger partial charge in [0.1, 0.15) is 18.5 Å². The van der Waals surface area contributed by atoms with Crippen LogP contribution < -0.4 is 0 Å². The average molecular weight is 254 g/mol. The molecule has 0 amide bonds. The molecule has 2 rings (SSSR count). The number of aromatic nitrogens is 4. The van der Waals surface area contributed by atoms with E-state index in [-0.39, 0.29) is 22.9 Å². The van der Waals surface area contributed by atoms with E-state index in [4.69, 9.17) is 10.5 Å². The number of ether oxygens (including phenoxy) is 1. The summed E-state index contributed by atoms with van der Waals surface area (Å²) in [6, 6.07) is 3.66. The summed E-state index contributed by atoms with van der Waals surface area (Å²) in [4.78, 5) is 22.8. The van der Waals surface area contributed by atoms with Gasteiger partial charge in [-0.2, -0.15) is 10.5 Å². The Bertz CT molecular complexity index is 704. The SMILES string of the molecule is COC(=O)c1cnc(-n2cnc(C#N)c2C#N)cn1. The number of methoxy groups -OCH3 is 1. The third-order valence-electron chi connectivity index (χ3n) is 2.26. The van der Waals surface area contributed by atoms with Crippen LogP contribution in [0.1, 0.15) is 21.9 Å². The second-order valence-electron chi connectivity index (χ2n) is 3.29. The molecule has 0 radical (unpaired) electrons. The first-order valence-corrected chi connectivity index (χ1v) is 4.99. The molecule has 0 aliphatic heterocycles. The summed E-state index contributed by atoms with van der Waals surface area (Å²) in [5, 5.41) is 17.8. The fourth-order valence-corrected chi connectivity index (χ4v) is 1.37. The first-order chi connectivity index (χ1) is 9.21. The van der Waals surface area contributed by atoms with Crippen LogP contribution in [0, 0.1) is 22.7 Å². The van der Waals surface area contributed by atoms with E-state index < -0.39 is 5.97 Å². The number of esters is 1. The minimum Gasteiger partial charge on any atom is -0.464 e. The lowest BCUT2D eigenvalue weighted by Gasteiger charge is -2.02. The van der Waals surface area contributed by atoms with Crippen molar-refractivity contribution in [3.8, 4) is 18.0 Å². The van der Waals surface area contributed by atoms with Crippen LogP contribution in [-0.4, -0.2) is 32.6 Å². The van der Waals surface area contributed by atoms with Crippen molar-refractivity contribution in [2.45, 2.75) is 0 Å². The summed E-state index contributed by atoms with van der Waals surface area (Å²) in [5.74, 6) is -0.332. The molecule has 2 heterocycles. The molecule has 0 N–H and O–H groups in total. The minimum atomic E-state index is -0.608. The minimum absolute atomic E-state index is 0.00124. The number of nitriles is 2. The first kappa shape index (κ1) is 12.2. The van der Waals surface area contributed by atoms with Gasteiger partial charge >= 0.3 is 5.97 Å². The van der Waals surface area contributed by atoms with Crippen LogP contribution in [0.15, 0.2) is 18.7 Å². The maximum Gasteiger partial charge on any atom is 0.358 e. The molecular formula is C11H6N6O2. The van der Waals surface area contributed by atoms with Crippen molar-refractivity contribution in [1.82, 2.24) is 19.5 Å². The van der Waals surface area contributed by atoms with Gasteiger partial charge in [0.15, 0.2) is 22.9 Å². The molecule has 0 bridgehead atoms.